The van der Waals surface area contributed by atoms with E-state index >= 15 is 0 Å². The van der Waals surface area contributed by atoms with E-state index in [9.17, 15) is 26.4 Å². The van der Waals surface area contributed by atoms with Crippen LogP contribution in [0, 0.1) is 0 Å². The molecule has 2 aromatic rings. The van der Waals surface area contributed by atoms with Crippen LogP contribution in [0.5, 0.6) is 0 Å². The Bertz CT molecular complexity index is 938. The third kappa shape index (κ3) is 5.91. The molecule has 0 spiro atoms. The number of aromatic nitrogens is 1. The van der Waals surface area contributed by atoms with Crippen molar-refractivity contribution in [2.45, 2.75) is 24.0 Å². The normalized spacial score (nSPS) is 12.0. The molecule has 0 unspecified atom stereocenters. The molecule has 0 saturated heterocycles. The summed E-state index contributed by atoms with van der Waals surface area (Å²) in [5.41, 5.74) is -0.391. The zero-order chi connectivity index (χ0) is 20.9. The maximum absolute atomic E-state index is 12.9. The Morgan fingerprint density at radius 3 is 2.46 bits per heavy atom. The predicted octanol–water partition coefficient (Wildman–Crippen LogP) is 3.08. The van der Waals surface area contributed by atoms with Crippen LogP contribution in [0.3, 0.4) is 0 Å². The number of pyridine rings is 1. The number of nitrogens with one attached hydrogen (secondary N) is 1. The van der Waals surface area contributed by atoms with Gasteiger partial charge >= 0.3 is 6.18 Å². The summed E-state index contributed by atoms with van der Waals surface area (Å²) < 4.78 is 65.2. The summed E-state index contributed by atoms with van der Waals surface area (Å²) in [6.07, 6.45) is -1.76. The molecule has 0 atom stereocenters. The Balaban J connectivity index is 1.97. The fraction of sp³-hybridized carbons (Fsp3) is 0.294. The van der Waals surface area contributed by atoms with E-state index in [1.807, 2.05) is 0 Å². The van der Waals surface area contributed by atoms with E-state index in [0.717, 1.165) is 17.7 Å². The molecule has 6 nitrogen and oxygen atoms in total. The highest BCUT2D eigenvalue weighted by Crippen LogP contribution is 2.35. The minimum atomic E-state index is -4.78. The van der Waals surface area contributed by atoms with Crippen LogP contribution in [0.15, 0.2) is 47.6 Å². The average Bonchev–Trinajstić information content (AvgIpc) is 2.61. The van der Waals surface area contributed by atoms with E-state index in [0.29, 0.717) is 12.6 Å². The van der Waals surface area contributed by atoms with E-state index in [4.69, 9.17) is 11.6 Å². The SMILES string of the molecule is CN(Cc1ccncc1)C(=O)CCNS(=O)(=O)c1ccc(Cl)c(C(F)(F)F)c1. The van der Waals surface area contributed by atoms with Crippen molar-refractivity contribution in [3.05, 3.63) is 58.9 Å². The van der Waals surface area contributed by atoms with Gasteiger partial charge in [-0.05, 0) is 35.9 Å². The number of sulfonamides is 1. The molecular weight excluding hydrogens is 419 g/mol. The number of hydrogen-bond acceptors (Lipinski definition) is 4. The third-order valence-electron chi connectivity index (χ3n) is 3.78. The molecule has 11 heteroatoms. The highest BCUT2D eigenvalue weighted by Gasteiger charge is 2.34. The van der Waals surface area contributed by atoms with Crippen LogP contribution in [0.25, 0.3) is 0 Å². The number of rotatable bonds is 7. The molecule has 152 valence electrons. The van der Waals surface area contributed by atoms with Gasteiger partial charge in [-0.25, -0.2) is 13.1 Å². The minimum absolute atomic E-state index is 0.152. The molecule has 0 aliphatic rings. The van der Waals surface area contributed by atoms with Crippen LogP contribution in [-0.2, 0) is 27.5 Å². The molecule has 2 rings (SSSR count). The summed E-state index contributed by atoms with van der Waals surface area (Å²) >= 11 is 5.49. The van der Waals surface area contributed by atoms with Gasteiger partial charge in [-0.1, -0.05) is 11.6 Å². The molecular formula is C17H17ClF3N3O3S. The van der Waals surface area contributed by atoms with Crippen molar-refractivity contribution in [1.82, 2.24) is 14.6 Å². The van der Waals surface area contributed by atoms with Crippen LogP contribution in [0.4, 0.5) is 13.2 Å². The monoisotopic (exact) mass is 435 g/mol. The first-order valence-electron chi connectivity index (χ1n) is 8.00. The van der Waals surface area contributed by atoms with Crippen LogP contribution >= 0.6 is 11.6 Å². The number of hydrogen-bond donors (Lipinski definition) is 1. The predicted molar refractivity (Wildman–Crippen MR) is 97.0 cm³/mol. The second kappa shape index (κ2) is 8.89. The van der Waals surface area contributed by atoms with E-state index in [1.54, 1.807) is 31.6 Å². The van der Waals surface area contributed by atoms with Crippen LogP contribution in [-0.4, -0.2) is 37.8 Å². The van der Waals surface area contributed by atoms with Crippen LogP contribution in [0.1, 0.15) is 17.5 Å². The maximum atomic E-state index is 12.9. The molecule has 0 fully saturated rings. The fourth-order valence-corrected chi connectivity index (χ4v) is 3.59. The van der Waals surface area contributed by atoms with Crippen LogP contribution < -0.4 is 4.72 Å². The van der Waals surface area contributed by atoms with Crippen molar-refractivity contribution in [2.75, 3.05) is 13.6 Å². The van der Waals surface area contributed by atoms with Crippen molar-refractivity contribution in [3.63, 3.8) is 0 Å². The van der Waals surface area contributed by atoms with Gasteiger partial charge in [0.05, 0.1) is 15.5 Å². The third-order valence-corrected chi connectivity index (χ3v) is 5.57. The van der Waals surface area contributed by atoms with Crippen LogP contribution in [0.2, 0.25) is 5.02 Å². The average molecular weight is 436 g/mol. The first-order chi connectivity index (χ1) is 13.0. The number of nitrogens with zero attached hydrogens (tertiary/aromatic N) is 2. The van der Waals surface area contributed by atoms with E-state index < -0.39 is 31.7 Å². The summed E-state index contributed by atoms with van der Waals surface area (Å²) in [6, 6.07) is 5.78. The topological polar surface area (TPSA) is 79.4 Å². The van der Waals surface area contributed by atoms with Gasteiger partial charge < -0.3 is 4.90 Å². The lowest BCUT2D eigenvalue weighted by Crippen LogP contribution is -2.32. The maximum Gasteiger partial charge on any atom is 0.417 e. The molecule has 1 amide bonds. The van der Waals surface area contributed by atoms with Gasteiger partial charge in [0.25, 0.3) is 0 Å². The molecule has 1 heterocycles. The molecule has 1 N–H and O–H groups in total. The Morgan fingerprint density at radius 2 is 1.86 bits per heavy atom. The largest absolute Gasteiger partial charge is 0.417 e. The van der Waals surface area contributed by atoms with Gasteiger partial charge in [0, 0.05) is 39.0 Å². The number of benzene rings is 1. The summed E-state index contributed by atoms with van der Waals surface area (Å²) in [6.45, 7) is 0.0616. The molecule has 1 aromatic carbocycles. The molecule has 1 aromatic heterocycles. The lowest BCUT2D eigenvalue weighted by molar-refractivity contribution is -0.137. The number of halogens is 4. The van der Waals surface area contributed by atoms with Crippen molar-refractivity contribution < 1.29 is 26.4 Å². The number of carbonyl (C=O) groups excluding carboxylic acids is 1. The van der Waals surface area contributed by atoms with Crippen molar-refractivity contribution >= 4 is 27.5 Å². The zero-order valence-corrected chi connectivity index (χ0v) is 16.3. The van der Waals surface area contributed by atoms with Crippen molar-refractivity contribution in [1.29, 1.82) is 0 Å². The highest BCUT2D eigenvalue weighted by atomic mass is 35.5. The smallest absolute Gasteiger partial charge is 0.341 e. The summed E-state index contributed by atoms with van der Waals surface area (Å²) in [7, 11) is -2.67. The number of alkyl halides is 3. The zero-order valence-electron chi connectivity index (χ0n) is 14.7. The lowest BCUT2D eigenvalue weighted by Gasteiger charge is -2.17. The molecule has 0 aliphatic carbocycles. The van der Waals surface area contributed by atoms with Gasteiger partial charge in [0.15, 0.2) is 0 Å². The number of carbonyl (C=O) groups is 1. The molecule has 0 saturated carbocycles. The van der Waals surface area contributed by atoms with E-state index in [2.05, 4.69) is 9.71 Å². The second-order valence-corrected chi connectivity index (χ2v) is 8.07. The quantitative estimate of drug-likeness (QED) is 0.724. The van der Waals surface area contributed by atoms with Crippen molar-refractivity contribution in [2.24, 2.45) is 0 Å². The summed E-state index contributed by atoms with van der Waals surface area (Å²) in [4.78, 5) is 16.8. The molecule has 0 bridgehead atoms. The molecule has 0 radical (unpaired) electrons. The molecule has 0 aliphatic heterocycles. The minimum Gasteiger partial charge on any atom is -0.341 e. The Kier molecular flexibility index (Phi) is 7.02. The van der Waals surface area contributed by atoms with E-state index in [1.165, 1.54) is 4.90 Å². The Labute approximate surface area is 165 Å². The standard InChI is InChI=1S/C17H17ClF3N3O3S/c1-24(11-12-4-7-22-8-5-12)16(25)6-9-23-28(26,27)13-2-3-15(18)14(10-13)17(19,20)21/h2-5,7-8,10,23H,6,9,11H2,1H3. The first kappa shape index (κ1) is 22.1. The number of amides is 1. The summed E-state index contributed by atoms with van der Waals surface area (Å²) in [5, 5.41) is -0.598. The van der Waals surface area contributed by atoms with Gasteiger partial charge in [0.2, 0.25) is 15.9 Å². The van der Waals surface area contributed by atoms with Gasteiger partial charge in [-0.2, -0.15) is 13.2 Å². The van der Waals surface area contributed by atoms with E-state index in [-0.39, 0.29) is 18.9 Å². The highest BCUT2D eigenvalue weighted by molar-refractivity contribution is 7.89. The molecule has 28 heavy (non-hydrogen) atoms. The Morgan fingerprint density at radius 1 is 1.21 bits per heavy atom. The summed E-state index contributed by atoms with van der Waals surface area (Å²) in [5.74, 6) is -0.327. The Hall–Kier alpha value is -2.17. The fourth-order valence-electron chi connectivity index (χ4n) is 2.31. The first-order valence-corrected chi connectivity index (χ1v) is 9.86. The van der Waals surface area contributed by atoms with Gasteiger partial charge in [0.1, 0.15) is 0 Å². The van der Waals surface area contributed by atoms with Gasteiger partial charge in [-0.15, -0.1) is 0 Å². The lowest BCUT2D eigenvalue weighted by atomic mass is 10.2. The second-order valence-electron chi connectivity index (χ2n) is 5.89. The van der Waals surface area contributed by atoms with Crippen molar-refractivity contribution in [3.8, 4) is 0 Å². The van der Waals surface area contributed by atoms with Gasteiger partial charge in [-0.3, -0.25) is 9.78 Å².